The summed E-state index contributed by atoms with van der Waals surface area (Å²) >= 11 is 0. The quantitative estimate of drug-likeness (QED) is 0.914. The number of amides is 1. The predicted molar refractivity (Wildman–Crippen MR) is 75.9 cm³/mol. The average molecular weight is 276 g/mol. The van der Waals surface area contributed by atoms with E-state index in [2.05, 4.69) is 22.3 Å². The third-order valence-corrected chi connectivity index (χ3v) is 5.34. The maximum atomic E-state index is 12.5. The molecule has 110 valence electrons. The maximum absolute atomic E-state index is 12.5. The van der Waals surface area contributed by atoms with Crippen LogP contribution in [-0.2, 0) is 10.3 Å². The number of fused-ring (bicyclic) bond motifs is 2. The van der Waals surface area contributed by atoms with Gasteiger partial charge in [0, 0.05) is 6.04 Å². The number of nitrogens with zero attached hydrogens (tertiary/aromatic N) is 3. The van der Waals surface area contributed by atoms with Gasteiger partial charge in [-0.1, -0.05) is 6.42 Å². The van der Waals surface area contributed by atoms with Crippen LogP contribution in [0, 0.1) is 17.8 Å². The molecule has 0 radical (unpaired) electrons. The molecule has 0 aromatic carbocycles. The number of aromatic nitrogens is 3. The van der Waals surface area contributed by atoms with Crippen molar-refractivity contribution in [1.82, 2.24) is 20.1 Å². The highest BCUT2D eigenvalue weighted by Crippen LogP contribution is 2.49. The first-order valence-electron chi connectivity index (χ1n) is 7.64. The van der Waals surface area contributed by atoms with Gasteiger partial charge in [-0.3, -0.25) is 4.79 Å². The summed E-state index contributed by atoms with van der Waals surface area (Å²) in [6.45, 7) is 5.91. The smallest absolute Gasteiger partial charge is 0.247 e. The molecule has 2 saturated carbocycles. The van der Waals surface area contributed by atoms with Crippen LogP contribution in [-0.4, -0.2) is 26.7 Å². The molecule has 20 heavy (non-hydrogen) atoms. The van der Waals surface area contributed by atoms with Crippen LogP contribution >= 0.6 is 0 Å². The van der Waals surface area contributed by atoms with Gasteiger partial charge in [-0.2, -0.15) is 5.10 Å². The van der Waals surface area contributed by atoms with E-state index in [0.717, 1.165) is 11.8 Å². The minimum Gasteiger partial charge on any atom is -0.351 e. The largest absolute Gasteiger partial charge is 0.351 e. The third kappa shape index (κ3) is 2.23. The lowest BCUT2D eigenvalue weighted by Crippen LogP contribution is -2.50. The van der Waals surface area contributed by atoms with Gasteiger partial charge in [0.25, 0.3) is 0 Å². The average Bonchev–Trinajstić information content (AvgIpc) is 3.15. The van der Waals surface area contributed by atoms with Crippen LogP contribution in [0.15, 0.2) is 12.7 Å². The second-order valence-electron chi connectivity index (χ2n) is 7.00. The van der Waals surface area contributed by atoms with E-state index in [1.165, 1.54) is 32.0 Å². The lowest BCUT2D eigenvalue weighted by atomic mass is 9.83. The Balaban J connectivity index is 1.64. The molecule has 0 spiro atoms. The second kappa shape index (κ2) is 4.86. The van der Waals surface area contributed by atoms with Crippen LogP contribution in [0.1, 0.15) is 46.5 Å². The van der Waals surface area contributed by atoms with Crippen LogP contribution in [0.5, 0.6) is 0 Å². The van der Waals surface area contributed by atoms with Gasteiger partial charge in [0.05, 0.1) is 0 Å². The van der Waals surface area contributed by atoms with Crippen LogP contribution in [0.4, 0.5) is 0 Å². The fourth-order valence-corrected chi connectivity index (χ4v) is 4.00. The monoisotopic (exact) mass is 276 g/mol. The first-order chi connectivity index (χ1) is 9.48. The number of hydrogen-bond donors (Lipinski definition) is 1. The Hall–Kier alpha value is -1.39. The highest BCUT2D eigenvalue weighted by Gasteiger charge is 2.43. The molecule has 5 heteroatoms. The molecule has 1 aromatic rings. The zero-order valence-electron chi connectivity index (χ0n) is 12.5. The topological polar surface area (TPSA) is 59.8 Å². The molecule has 5 nitrogen and oxygen atoms in total. The van der Waals surface area contributed by atoms with Crippen molar-refractivity contribution in [2.75, 3.05) is 0 Å². The number of carbonyl (C=O) groups is 1. The van der Waals surface area contributed by atoms with Crippen LogP contribution in [0.2, 0.25) is 0 Å². The summed E-state index contributed by atoms with van der Waals surface area (Å²) in [6, 6.07) is 0.251. The van der Waals surface area contributed by atoms with E-state index in [9.17, 15) is 4.79 Å². The zero-order chi connectivity index (χ0) is 14.3. The third-order valence-electron chi connectivity index (χ3n) is 5.34. The highest BCUT2D eigenvalue weighted by atomic mass is 16.2. The van der Waals surface area contributed by atoms with Crippen LogP contribution in [0.3, 0.4) is 0 Å². The summed E-state index contributed by atoms with van der Waals surface area (Å²) in [5, 5.41) is 7.30. The molecule has 2 aliphatic carbocycles. The molecule has 0 saturated heterocycles. The fourth-order valence-electron chi connectivity index (χ4n) is 4.00. The molecule has 1 heterocycles. The summed E-state index contributed by atoms with van der Waals surface area (Å²) in [6.07, 6.45) is 8.47. The molecule has 4 atom stereocenters. The van der Waals surface area contributed by atoms with Crippen LogP contribution in [0.25, 0.3) is 0 Å². The Labute approximate surface area is 120 Å². The Kier molecular flexibility index (Phi) is 3.30. The number of carbonyl (C=O) groups excluding carboxylic acids is 1. The molecule has 1 amide bonds. The summed E-state index contributed by atoms with van der Waals surface area (Å²) < 4.78 is 1.62. The molecule has 2 aliphatic rings. The minimum absolute atomic E-state index is 0.0262. The fraction of sp³-hybridized carbons (Fsp3) is 0.800. The Morgan fingerprint density at radius 2 is 2.20 bits per heavy atom. The van der Waals surface area contributed by atoms with Crippen molar-refractivity contribution in [3.05, 3.63) is 12.7 Å². The van der Waals surface area contributed by atoms with Crippen molar-refractivity contribution in [2.24, 2.45) is 17.8 Å². The maximum Gasteiger partial charge on any atom is 0.247 e. The Morgan fingerprint density at radius 1 is 1.40 bits per heavy atom. The van der Waals surface area contributed by atoms with E-state index in [1.807, 2.05) is 13.8 Å². The molecule has 1 N–H and O–H groups in total. The van der Waals surface area contributed by atoms with Crippen molar-refractivity contribution >= 4 is 5.91 Å². The number of hydrogen-bond acceptors (Lipinski definition) is 3. The van der Waals surface area contributed by atoms with Gasteiger partial charge in [-0.05, 0) is 57.8 Å². The summed E-state index contributed by atoms with van der Waals surface area (Å²) in [7, 11) is 0. The van der Waals surface area contributed by atoms with E-state index in [1.54, 1.807) is 11.0 Å². The van der Waals surface area contributed by atoms with Gasteiger partial charge < -0.3 is 5.32 Å². The minimum atomic E-state index is -0.692. The first kappa shape index (κ1) is 13.6. The molecule has 1 aromatic heterocycles. The summed E-state index contributed by atoms with van der Waals surface area (Å²) in [5.41, 5.74) is -0.692. The molecule has 0 aliphatic heterocycles. The molecule has 3 rings (SSSR count). The zero-order valence-corrected chi connectivity index (χ0v) is 12.5. The van der Waals surface area contributed by atoms with Gasteiger partial charge in [-0.15, -0.1) is 0 Å². The SMILES string of the molecule is CC(NC(=O)C(C)(C)n1cncn1)C1CC2CCC1C2. The van der Waals surface area contributed by atoms with E-state index < -0.39 is 5.54 Å². The van der Waals surface area contributed by atoms with Crippen molar-refractivity contribution in [1.29, 1.82) is 0 Å². The first-order valence-corrected chi connectivity index (χ1v) is 7.64. The van der Waals surface area contributed by atoms with Crippen molar-refractivity contribution in [3.8, 4) is 0 Å². The lowest BCUT2D eigenvalue weighted by Gasteiger charge is -2.32. The van der Waals surface area contributed by atoms with Gasteiger partial charge in [-0.25, -0.2) is 9.67 Å². The number of rotatable bonds is 4. The molecule has 2 bridgehead atoms. The van der Waals surface area contributed by atoms with E-state index in [0.29, 0.717) is 5.92 Å². The van der Waals surface area contributed by atoms with Crippen molar-refractivity contribution < 1.29 is 4.79 Å². The number of nitrogens with one attached hydrogen (secondary N) is 1. The highest BCUT2D eigenvalue weighted by molar-refractivity contribution is 5.83. The predicted octanol–water partition coefficient (Wildman–Crippen LogP) is 1.95. The van der Waals surface area contributed by atoms with E-state index in [-0.39, 0.29) is 11.9 Å². The molecule has 4 unspecified atom stereocenters. The van der Waals surface area contributed by atoms with Crippen molar-refractivity contribution in [2.45, 2.75) is 58.0 Å². The summed E-state index contributed by atoms with van der Waals surface area (Å²) in [5.74, 6) is 2.42. The van der Waals surface area contributed by atoms with Gasteiger partial charge >= 0.3 is 0 Å². The van der Waals surface area contributed by atoms with E-state index >= 15 is 0 Å². The van der Waals surface area contributed by atoms with Gasteiger partial charge in [0.15, 0.2) is 0 Å². The van der Waals surface area contributed by atoms with Gasteiger partial charge in [0.1, 0.15) is 18.2 Å². The second-order valence-corrected chi connectivity index (χ2v) is 7.00. The van der Waals surface area contributed by atoms with E-state index in [4.69, 9.17) is 0 Å². The van der Waals surface area contributed by atoms with Gasteiger partial charge in [0.2, 0.25) is 5.91 Å². The molecular formula is C15H24N4O. The van der Waals surface area contributed by atoms with Crippen molar-refractivity contribution in [3.63, 3.8) is 0 Å². The normalized spacial score (nSPS) is 30.4. The standard InChI is InChI=1S/C15H24N4O/c1-10(13-7-11-4-5-12(13)6-11)18-14(20)15(2,3)19-9-16-8-17-19/h8-13H,4-7H2,1-3H3,(H,18,20). The Morgan fingerprint density at radius 3 is 2.75 bits per heavy atom. The lowest BCUT2D eigenvalue weighted by molar-refractivity contribution is -0.130. The van der Waals surface area contributed by atoms with Crippen LogP contribution < -0.4 is 5.32 Å². The summed E-state index contributed by atoms with van der Waals surface area (Å²) in [4.78, 5) is 16.5. The molecular weight excluding hydrogens is 252 g/mol. The Bertz CT molecular complexity index is 482. The molecule has 2 fully saturated rings.